The van der Waals surface area contributed by atoms with Crippen molar-refractivity contribution in [2.24, 2.45) is 0 Å². The molecule has 0 saturated carbocycles. The van der Waals surface area contributed by atoms with E-state index in [-0.39, 0.29) is 17.3 Å². The van der Waals surface area contributed by atoms with Crippen molar-refractivity contribution in [1.29, 1.82) is 0 Å². The highest BCUT2D eigenvalue weighted by Gasteiger charge is 2.15. The first-order valence-corrected chi connectivity index (χ1v) is 5.78. The predicted octanol–water partition coefficient (Wildman–Crippen LogP) is 1.99. The zero-order valence-electron chi connectivity index (χ0n) is 11.2. The van der Waals surface area contributed by atoms with E-state index in [1.807, 2.05) is 0 Å². The molecule has 0 aliphatic carbocycles. The molecule has 2 aromatic rings. The summed E-state index contributed by atoms with van der Waals surface area (Å²) in [7, 11) is 1.48. The number of nitrogens with zero attached hydrogens (tertiary/aromatic N) is 3. The van der Waals surface area contributed by atoms with Crippen LogP contribution in [0, 0.1) is 13.8 Å². The minimum absolute atomic E-state index is 0.00683. The second-order valence-corrected chi connectivity index (χ2v) is 4.03. The van der Waals surface area contributed by atoms with Gasteiger partial charge in [0, 0.05) is 6.07 Å². The standard InChI is InChI=1S/C13H13N3O4/c1-7-8(2)15-16-13(14-7)20-11-6-9(19-3)4-5-10(11)12(17)18/h4-6H,1-3H3,(H,17,18). The number of methoxy groups -OCH3 is 1. The van der Waals surface area contributed by atoms with Gasteiger partial charge in [0.15, 0.2) is 0 Å². The van der Waals surface area contributed by atoms with Gasteiger partial charge < -0.3 is 14.6 Å². The van der Waals surface area contributed by atoms with E-state index in [1.165, 1.54) is 25.3 Å². The van der Waals surface area contributed by atoms with E-state index in [9.17, 15) is 4.79 Å². The molecule has 0 fully saturated rings. The number of carbonyl (C=O) groups is 1. The highest BCUT2D eigenvalue weighted by molar-refractivity contribution is 5.91. The van der Waals surface area contributed by atoms with Crippen LogP contribution in [0.25, 0.3) is 0 Å². The molecule has 1 aromatic carbocycles. The van der Waals surface area contributed by atoms with Gasteiger partial charge in [0.05, 0.1) is 18.5 Å². The van der Waals surface area contributed by atoms with Crippen molar-refractivity contribution in [2.75, 3.05) is 7.11 Å². The van der Waals surface area contributed by atoms with Crippen LogP contribution in [0.5, 0.6) is 17.5 Å². The molecule has 2 rings (SSSR count). The van der Waals surface area contributed by atoms with Crippen molar-refractivity contribution in [3.8, 4) is 17.5 Å². The van der Waals surface area contributed by atoms with Gasteiger partial charge in [-0.15, -0.1) is 5.10 Å². The first-order valence-electron chi connectivity index (χ1n) is 5.78. The summed E-state index contributed by atoms with van der Waals surface area (Å²) in [5, 5.41) is 16.8. The molecule has 20 heavy (non-hydrogen) atoms. The van der Waals surface area contributed by atoms with Crippen LogP contribution in [0.15, 0.2) is 18.2 Å². The number of hydrogen-bond acceptors (Lipinski definition) is 6. The summed E-state index contributed by atoms with van der Waals surface area (Å²) in [6.45, 7) is 3.54. The van der Waals surface area contributed by atoms with Gasteiger partial charge in [-0.2, -0.15) is 4.98 Å². The lowest BCUT2D eigenvalue weighted by molar-refractivity contribution is 0.0694. The molecule has 1 aromatic heterocycles. The van der Waals surface area contributed by atoms with E-state index >= 15 is 0 Å². The van der Waals surface area contributed by atoms with Gasteiger partial charge in [0.2, 0.25) is 0 Å². The third-order valence-electron chi connectivity index (χ3n) is 2.69. The number of aryl methyl sites for hydroxylation is 2. The van der Waals surface area contributed by atoms with Gasteiger partial charge in [-0.3, -0.25) is 0 Å². The Labute approximate surface area is 115 Å². The lowest BCUT2D eigenvalue weighted by Crippen LogP contribution is -2.04. The summed E-state index contributed by atoms with van der Waals surface area (Å²) in [5.74, 6) is -0.539. The Morgan fingerprint density at radius 3 is 2.55 bits per heavy atom. The molecule has 7 nitrogen and oxygen atoms in total. The minimum atomic E-state index is -1.11. The number of carboxylic acids is 1. The molecular formula is C13H13N3O4. The molecular weight excluding hydrogens is 262 g/mol. The van der Waals surface area contributed by atoms with Crippen LogP contribution >= 0.6 is 0 Å². The fourth-order valence-corrected chi connectivity index (χ4v) is 1.47. The first-order chi connectivity index (χ1) is 9.51. The van der Waals surface area contributed by atoms with Crippen LogP contribution < -0.4 is 9.47 Å². The first kappa shape index (κ1) is 13.7. The number of hydrogen-bond donors (Lipinski definition) is 1. The normalized spacial score (nSPS) is 10.2. The summed E-state index contributed by atoms with van der Waals surface area (Å²) in [6.07, 6.45) is 0. The summed E-state index contributed by atoms with van der Waals surface area (Å²) in [4.78, 5) is 15.2. The van der Waals surface area contributed by atoms with Crippen molar-refractivity contribution in [3.63, 3.8) is 0 Å². The highest BCUT2D eigenvalue weighted by Crippen LogP contribution is 2.28. The molecule has 1 N–H and O–H groups in total. The highest BCUT2D eigenvalue weighted by atomic mass is 16.5. The Balaban J connectivity index is 2.40. The topological polar surface area (TPSA) is 94.4 Å². The van der Waals surface area contributed by atoms with E-state index in [0.717, 1.165) is 0 Å². The Bertz CT molecular complexity index is 658. The van der Waals surface area contributed by atoms with Gasteiger partial charge in [0.25, 0.3) is 0 Å². The van der Waals surface area contributed by atoms with Gasteiger partial charge in [-0.25, -0.2) is 4.79 Å². The van der Waals surface area contributed by atoms with Gasteiger partial charge in [-0.05, 0) is 26.0 Å². The van der Waals surface area contributed by atoms with Gasteiger partial charge >= 0.3 is 12.0 Å². The van der Waals surface area contributed by atoms with Crippen molar-refractivity contribution in [2.45, 2.75) is 13.8 Å². The number of rotatable bonds is 4. The maximum Gasteiger partial charge on any atom is 0.341 e. The molecule has 0 radical (unpaired) electrons. The molecule has 104 valence electrons. The molecule has 0 amide bonds. The van der Waals surface area contributed by atoms with E-state index in [2.05, 4.69) is 15.2 Å². The average Bonchev–Trinajstić information content (AvgIpc) is 2.42. The van der Waals surface area contributed by atoms with Gasteiger partial charge in [0.1, 0.15) is 17.1 Å². The second kappa shape index (κ2) is 5.52. The number of ether oxygens (including phenoxy) is 2. The molecule has 0 aliphatic heterocycles. The lowest BCUT2D eigenvalue weighted by atomic mass is 10.2. The second-order valence-electron chi connectivity index (χ2n) is 4.03. The van der Waals surface area contributed by atoms with Crippen molar-refractivity contribution in [1.82, 2.24) is 15.2 Å². The van der Waals surface area contributed by atoms with Crippen molar-refractivity contribution in [3.05, 3.63) is 35.2 Å². The molecule has 1 heterocycles. The van der Waals surface area contributed by atoms with Gasteiger partial charge in [-0.1, -0.05) is 5.10 Å². The third-order valence-corrected chi connectivity index (χ3v) is 2.69. The van der Waals surface area contributed by atoms with Crippen molar-refractivity contribution < 1.29 is 19.4 Å². The smallest absolute Gasteiger partial charge is 0.341 e. The Morgan fingerprint density at radius 2 is 1.95 bits per heavy atom. The summed E-state index contributed by atoms with van der Waals surface area (Å²) >= 11 is 0. The SMILES string of the molecule is COc1ccc(C(=O)O)c(Oc2nnc(C)c(C)n2)c1. The Hall–Kier alpha value is -2.70. The van der Waals surface area contributed by atoms with E-state index in [4.69, 9.17) is 14.6 Å². The molecule has 0 saturated heterocycles. The fourth-order valence-electron chi connectivity index (χ4n) is 1.47. The summed E-state index contributed by atoms with van der Waals surface area (Å²) in [5.41, 5.74) is 1.34. The zero-order valence-corrected chi connectivity index (χ0v) is 11.2. The molecule has 0 bridgehead atoms. The molecule has 0 spiro atoms. The summed E-state index contributed by atoms with van der Waals surface area (Å²) in [6, 6.07) is 4.38. The summed E-state index contributed by atoms with van der Waals surface area (Å²) < 4.78 is 10.4. The quantitative estimate of drug-likeness (QED) is 0.911. The van der Waals surface area contributed by atoms with Crippen LogP contribution in [0.2, 0.25) is 0 Å². The third kappa shape index (κ3) is 2.82. The van der Waals surface area contributed by atoms with Crippen LogP contribution in [-0.2, 0) is 0 Å². The van der Waals surface area contributed by atoms with E-state index in [1.54, 1.807) is 13.8 Å². The number of aromatic nitrogens is 3. The number of carboxylic acid groups (broad SMARTS) is 1. The number of aromatic carboxylic acids is 1. The monoisotopic (exact) mass is 275 g/mol. The molecule has 0 aliphatic rings. The molecule has 0 unspecified atom stereocenters. The maximum atomic E-state index is 11.2. The van der Waals surface area contributed by atoms with E-state index < -0.39 is 5.97 Å². The van der Waals surface area contributed by atoms with E-state index in [0.29, 0.717) is 17.1 Å². The average molecular weight is 275 g/mol. The Kier molecular flexibility index (Phi) is 3.79. The largest absolute Gasteiger partial charge is 0.497 e. The van der Waals surface area contributed by atoms with Crippen LogP contribution in [0.4, 0.5) is 0 Å². The number of benzene rings is 1. The zero-order chi connectivity index (χ0) is 14.7. The van der Waals surface area contributed by atoms with Crippen LogP contribution in [-0.4, -0.2) is 33.4 Å². The lowest BCUT2D eigenvalue weighted by Gasteiger charge is -2.09. The molecule has 0 atom stereocenters. The Morgan fingerprint density at radius 1 is 1.20 bits per heavy atom. The molecule has 7 heteroatoms. The minimum Gasteiger partial charge on any atom is -0.497 e. The van der Waals surface area contributed by atoms with Crippen LogP contribution in [0.1, 0.15) is 21.7 Å². The van der Waals surface area contributed by atoms with Crippen LogP contribution in [0.3, 0.4) is 0 Å². The maximum absolute atomic E-state index is 11.2. The predicted molar refractivity (Wildman–Crippen MR) is 69.3 cm³/mol. The van der Waals surface area contributed by atoms with Crippen molar-refractivity contribution >= 4 is 5.97 Å². The fraction of sp³-hybridized carbons (Fsp3) is 0.231.